The average Bonchev–Trinajstić information content (AvgIpc) is 2.27. The number of aliphatic hydroxyl groups excluding tert-OH is 2. The van der Waals surface area contributed by atoms with Crippen LogP contribution in [-0.4, -0.2) is 63.4 Å². The van der Waals surface area contributed by atoms with Crippen LogP contribution in [0.25, 0.3) is 0 Å². The quantitative estimate of drug-likeness (QED) is 0.423. The number of methoxy groups -OCH3 is 1. The van der Waals surface area contributed by atoms with Crippen LogP contribution in [0.3, 0.4) is 0 Å². The van der Waals surface area contributed by atoms with Gasteiger partial charge in [-0.1, -0.05) is 6.92 Å². The molecule has 0 aliphatic heterocycles. The molecule has 0 spiro atoms. The first-order valence-electron chi connectivity index (χ1n) is 5.17. The van der Waals surface area contributed by atoms with Crippen LogP contribution in [0.4, 0.5) is 0 Å². The Bertz CT molecular complexity index is 139. The van der Waals surface area contributed by atoms with Crippen molar-refractivity contribution in [2.45, 2.75) is 6.92 Å². The summed E-state index contributed by atoms with van der Waals surface area (Å²) in [4.78, 5) is 0. The second kappa shape index (κ2) is 9.06. The molecule has 0 fully saturated rings. The lowest BCUT2D eigenvalue weighted by Crippen LogP contribution is -2.39. The number of hydrogen-bond donors (Lipinski definition) is 3. The number of hydrogen-bond acceptors (Lipinski definition) is 5. The summed E-state index contributed by atoms with van der Waals surface area (Å²) in [6.45, 7) is 4.86. The van der Waals surface area contributed by atoms with E-state index in [9.17, 15) is 0 Å². The molecule has 0 aliphatic carbocycles. The van der Waals surface area contributed by atoms with E-state index in [0.29, 0.717) is 32.9 Å². The van der Waals surface area contributed by atoms with Crippen LogP contribution in [0, 0.1) is 5.41 Å². The topological polar surface area (TPSA) is 71.0 Å². The van der Waals surface area contributed by atoms with E-state index in [-0.39, 0.29) is 13.2 Å². The predicted molar refractivity (Wildman–Crippen MR) is 57.8 cm³/mol. The van der Waals surface area contributed by atoms with Gasteiger partial charge in [0.1, 0.15) is 0 Å². The van der Waals surface area contributed by atoms with Crippen LogP contribution >= 0.6 is 0 Å². The second-order valence-corrected chi connectivity index (χ2v) is 3.91. The van der Waals surface area contributed by atoms with Gasteiger partial charge in [-0.25, -0.2) is 0 Å². The molecule has 3 N–H and O–H groups in total. The molecule has 5 nitrogen and oxygen atoms in total. The van der Waals surface area contributed by atoms with Gasteiger partial charge >= 0.3 is 0 Å². The van der Waals surface area contributed by atoms with Crippen LogP contribution in [0.15, 0.2) is 0 Å². The third kappa shape index (κ3) is 7.70. The molecule has 0 aromatic rings. The van der Waals surface area contributed by atoms with Gasteiger partial charge < -0.3 is 25.0 Å². The number of rotatable bonds is 10. The summed E-state index contributed by atoms with van der Waals surface area (Å²) in [6, 6.07) is 0. The van der Waals surface area contributed by atoms with E-state index in [4.69, 9.17) is 19.7 Å². The Kier molecular flexibility index (Phi) is 8.94. The highest BCUT2D eigenvalue weighted by atomic mass is 16.5. The molecule has 0 aliphatic rings. The molecule has 92 valence electrons. The van der Waals surface area contributed by atoms with E-state index in [1.54, 1.807) is 7.11 Å². The maximum atomic E-state index is 9.01. The maximum Gasteiger partial charge on any atom is 0.0700 e. The van der Waals surface area contributed by atoms with E-state index in [0.717, 1.165) is 0 Å². The number of aliphatic hydroxyl groups is 2. The molecule has 0 atom stereocenters. The van der Waals surface area contributed by atoms with Gasteiger partial charge in [-0.2, -0.15) is 0 Å². The van der Waals surface area contributed by atoms with Gasteiger partial charge in [-0.05, 0) is 0 Å². The molecule has 0 amide bonds. The lowest BCUT2D eigenvalue weighted by atomic mass is 9.93. The SMILES string of the molecule is COCCOCCNCC(C)(CO)CO. The second-order valence-electron chi connectivity index (χ2n) is 3.91. The standard InChI is InChI=1S/C10H23NO4/c1-10(8-12,9-13)7-11-3-4-15-6-5-14-2/h11-13H,3-9H2,1-2H3. The molecule has 15 heavy (non-hydrogen) atoms. The van der Waals surface area contributed by atoms with E-state index in [1.165, 1.54) is 0 Å². The molecule has 0 aromatic heterocycles. The van der Waals surface area contributed by atoms with Crippen molar-refractivity contribution >= 4 is 0 Å². The first kappa shape index (κ1) is 14.8. The van der Waals surface area contributed by atoms with Crippen LogP contribution in [-0.2, 0) is 9.47 Å². The Hall–Kier alpha value is -0.200. The fraction of sp³-hybridized carbons (Fsp3) is 1.00. The third-order valence-electron chi connectivity index (χ3n) is 2.17. The summed E-state index contributed by atoms with van der Waals surface area (Å²) in [6.07, 6.45) is 0. The van der Waals surface area contributed by atoms with Crippen molar-refractivity contribution < 1.29 is 19.7 Å². The molecule has 5 heteroatoms. The van der Waals surface area contributed by atoms with Crippen molar-refractivity contribution in [1.29, 1.82) is 0 Å². The monoisotopic (exact) mass is 221 g/mol. The highest BCUT2D eigenvalue weighted by Gasteiger charge is 2.21. The zero-order valence-corrected chi connectivity index (χ0v) is 9.66. The first-order chi connectivity index (χ1) is 7.18. The fourth-order valence-electron chi connectivity index (χ4n) is 0.941. The van der Waals surface area contributed by atoms with Gasteiger partial charge in [0.05, 0.1) is 33.0 Å². The third-order valence-corrected chi connectivity index (χ3v) is 2.17. The van der Waals surface area contributed by atoms with Gasteiger partial charge in [-0.15, -0.1) is 0 Å². The van der Waals surface area contributed by atoms with Crippen LogP contribution < -0.4 is 5.32 Å². The Morgan fingerprint density at radius 3 is 2.33 bits per heavy atom. The molecule has 0 saturated heterocycles. The molecule has 0 bridgehead atoms. The molecule has 0 aromatic carbocycles. The smallest absolute Gasteiger partial charge is 0.0700 e. The molecule has 0 rings (SSSR count). The molecule has 0 radical (unpaired) electrons. The minimum atomic E-state index is -0.452. The van der Waals surface area contributed by atoms with Crippen molar-refractivity contribution in [3.63, 3.8) is 0 Å². The number of nitrogens with one attached hydrogen (secondary N) is 1. The van der Waals surface area contributed by atoms with Crippen molar-refractivity contribution in [2.75, 3.05) is 53.2 Å². The van der Waals surface area contributed by atoms with Gasteiger partial charge in [0.2, 0.25) is 0 Å². The Labute approximate surface area is 91.4 Å². The minimum Gasteiger partial charge on any atom is -0.396 e. The van der Waals surface area contributed by atoms with Crippen LogP contribution in [0.1, 0.15) is 6.92 Å². The van der Waals surface area contributed by atoms with Gasteiger partial charge in [0.15, 0.2) is 0 Å². The molecule has 0 saturated carbocycles. The van der Waals surface area contributed by atoms with Gasteiger partial charge in [-0.3, -0.25) is 0 Å². The van der Waals surface area contributed by atoms with E-state index < -0.39 is 5.41 Å². The molecule has 0 heterocycles. The van der Waals surface area contributed by atoms with E-state index >= 15 is 0 Å². The zero-order chi connectivity index (χ0) is 11.6. The summed E-state index contributed by atoms with van der Waals surface area (Å²) < 4.78 is 10.1. The summed E-state index contributed by atoms with van der Waals surface area (Å²) in [5, 5.41) is 21.1. The van der Waals surface area contributed by atoms with Crippen molar-refractivity contribution in [2.24, 2.45) is 5.41 Å². The molecular formula is C10H23NO4. The van der Waals surface area contributed by atoms with Crippen LogP contribution in [0.2, 0.25) is 0 Å². The molecule has 0 unspecified atom stereocenters. The largest absolute Gasteiger partial charge is 0.396 e. The van der Waals surface area contributed by atoms with E-state index in [2.05, 4.69) is 5.32 Å². The summed E-state index contributed by atoms with van der Waals surface area (Å²) in [5.41, 5.74) is -0.452. The van der Waals surface area contributed by atoms with Crippen molar-refractivity contribution in [1.82, 2.24) is 5.32 Å². The van der Waals surface area contributed by atoms with Crippen molar-refractivity contribution in [3.8, 4) is 0 Å². The van der Waals surface area contributed by atoms with Crippen molar-refractivity contribution in [3.05, 3.63) is 0 Å². The highest BCUT2D eigenvalue weighted by molar-refractivity contribution is 4.74. The Morgan fingerprint density at radius 2 is 1.80 bits per heavy atom. The molecular weight excluding hydrogens is 198 g/mol. The first-order valence-corrected chi connectivity index (χ1v) is 5.17. The predicted octanol–water partition coefficient (Wildman–Crippen LogP) is -0.770. The van der Waals surface area contributed by atoms with E-state index in [1.807, 2.05) is 6.92 Å². The Balaban J connectivity index is 3.29. The highest BCUT2D eigenvalue weighted by Crippen LogP contribution is 2.11. The lowest BCUT2D eigenvalue weighted by Gasteiger charge is -2.24. The Morgan fingerprint density at radius 1 is 1.13 bits per heavy atom. The normalized spacial score (nSPS) is 12.0. The lowest BCUT2D eigenvalue weighted by molar-refractivity contribution is 0.0577. The number of ether oxygens (including phenoxy) is 2. The minimum absolute atomic E-state index is 0.0268. The average molecular weight is 221 g/mol. The summed E-state index contributed by atoms with van der Waals surface area (Å²) in [7, 11) is 1.63. The summed E-state index contributed by atoms with van der Waals surface area (Å²) in [5.74, 6) is 0. The maximum absolute atomic E-state index is 9.01. The van der Waals surface area contributed by atoms with Crippen LogP contribution in [0.5, 0.6) is 0 Å². The van der Waals surface area contributed by atoms with Gasteiger partial charge in [0.25, 0.3) is 0 Å². The fourth-order valence-corrected chi connectivity index (χ4v) is 0.941. The van der Waals surface area contributed by atoms with Gasteiger partial charge in [0, 0.05) is 25.6 Å². The summed E-state index contributed by atoms with van der Waals surface area (Å²) >= 11 is 0. The zero-order valence-electron chi connectivity index (χ0n) is 9.66.